The van der Waals surface area contributed by atoms with Crippen LogP contribution >= 0.6 is 11.8 Å². The Morgan fingerprint density at radius 1 is 1.38 bits per heavy atom. The van der Waals surface area contributed by atoms with E-state index in [1.54, 1.807) is 28.5 Å². The maximum Gasteiger partial charge on any atom is 0.303 e. The molecule has 0 aliphatic carbocycles. The van der Waals surface area contributed by atoms with Crippen LogP contribution in [-0.2, 0) is 17.8 Å². The van der Waals surface area contributed by atoms with Crippen molar-refractivity contribution < 1.29 is 9.90 Å². The molecule has 0 unspecified atom stereocenters. The van der Waals surface area contributed by atoms with Gasteiger partial charge in [-0.3, -0.25) is 14.2 Å². The van der Waals surface area contributed by atoms with Gasteiger partial charge in [0.15, 0.2) is 0 Å². The highest BCUT2D eigenvalue weighted by Gasteiger charge is 2.11. The van der Waals surface area contributed by atoms with E-state index in [1.807, 2.05) is 18.4 Å². The van der Waals surface area contributed by atoms with Gasteiger partial charge < -0.3 is 5.11 Å². The van der Waals surface area contributed by atoms with Crippen molar-refractivity contribution in [2.24, 2.45) is 0 Å². The number of carboxylic acids is 1. The van der Waals surface area contributed by atoms with Crippen LogP contribution in [0.2, 0.25) is 0 Å². The van der Waals surface area contributed by atoms with Gasteiger partial charge in [0.1, 0.15) is 5.82 Å². The molecule has 0 bridgehead atoms. The SMILES string of the molecule is CSCCCn1c(CCC(=O)O)nc2ccccc2c1=O. The lowest BCUT2D eigenvalue weighted by atomic mass is 10.2. The summed E-state index contributed by atoms with van der Waals surface area (Å²) < 4.78 is 1.63. The third-order valence-corrected chi connectivity index (χ3v) is 3.93. The predicted octanol–water partition coefficient (Wildman–Crippen LogP) is 2.17. The summed E-state index contributed by atoms with van der Waals surface area (Å²) in [6.07, 6.45) is 3.13. The van der Waals surface area contributed by atoms with Crippen molar-refractivity contribution in [3.8, 4) is 0 Å². The smallest absolute Gasteiger partial charge is 0.303 e. The number of aryl methyl sites for hydroxylation is 1. The van der Waals surface area contributed by atoms with Crippen LogP contribution in [0.5, 0.6) is 0 Å². The summed E-state index contributed by atoms with van der Waals surface area (Å²) in [5, 5.41) is 9.43. The number of hydrogen-bond acceptors (Lipinski definition) is 4. The lowest BCUT2D eigenvalue weighted by Gasteiger charge is -2.12. The third-order valence-electron chi connectivity index (χ3n) is 3.23. The summed E-state index contributed by atoms with van der Waals surface area (Å²) in [5.74, 6) is 0.632. The minimum atomic E-state index is -0.881. The molecule has 0 amide bonds. The first-order valence-corrected chi connectivity index (χ1v) is 8.22. The van der Waals surface area contributed by atoms with Gasteiger partial charge in [-0.1, -0.05) is 12.1 Å². The Kier molecular flexibility index (Phi) is 5.38. The molecule has 1 aromatic carbocycles. The second-order valence-electron chi connectivity index (χ2n) is 4.74. The Bertz CT molecular complexity index is 697. The number of rotatable bonds is 7. The zero-order valence-corrected chi connectivity index (χ0v) is 12.7. The molecule has 1 heterocycles. The van der Waals surface area contributed by atoms with E-state index in [1.165, 1.54) is 0 Å². The number of carbonyl (C=O) groups is 1. The Balaban J connectivity index is 2.43. The summed E-state index contributed by atoms with van der Waals surface area (Å²) in [6, 6.07) is 7.19. The first-order chi connectivity index (χ1) is 10.1. The molecule has 0 aliphatic heterocycles. The van der Waals surface area contributed by atoms with Crippen LogP contribution in [-0.4, -0.2) is 32.6 Å². The first-order valence-electron chi connectivity index (χ1n) is 6.82. The maximum atomic E-state index is 12.6. The quantitative estimate of drug-likeness (QED) is 0.794. The van der Waals surface area contributed by atoms with Gasteiger partial charge in [0.25, 0.3) is 5.56 Å². The van der Waals surface area contributed by atoms with Crippen molar-refractivity contribution in [3.63, 3.8) is 0 Å². The molecule has 0 radical (unpaired) electrons. The van der Waals surface area contributed by atoms with Crippen molar-refractivity contribution in [1.82, 2.24) is 9.55 Å². The van der Waals surface area contributed by atoms with E-state index in [2.05, 4.69) is 4.98 Å². The Morgan fingerprint density at radius 2 is 2.14 bits per heavy atom. The number of aliphatic carboxylic acids is 1. The summed E-state index contributed by atoms with van der Waals surface area (Å²) >= 11 is 1.72. The summed E-state index contributed by atoms with van der Waals surface area (Å²) in [4.78, 5) is 27.8. The zero-order valence-electron chi connectivity index (χ0n) is 11.9. The Morgan fingerprint density at radius 3 is 2.86 bits per heavy atom. The summed E-state index contributed by atoms with van der Waals surface area (Å²) in [7, 11) is 0. The van der Waals surface area contributed by atoms with Crippen LogP contribution in [0.3, 0.4) is 0 Å². The second kappa shape index (κ2) is 7.26. The van der Waals surface area contributed by atoms with E-state index in [0.717, 1.165) is 12.2 Å². The number of nitrogens with zero attached hydrogens (tertiary/aromatic N) is 2. The topological polar surface area (TPSA) is 72.2 Å². The molecule has 112 valence electrons. The molecule has 0 fully saturated rings. The molecule has 1 N–H and O–H groups in total. The molecule has 21 heavy (non-hydrogen) atoms. The molecule has 0 saturated carbocycles. The fourth-order valence-corrected chi connectivity index (χ4v) is 2.64. The van der Waals surface area contributed by atoms with Crippen LogP contribution in [0.1, 0.15) is 18.7 Å². The molecule has 0 saturated heterocycles. The van der Waals surface area contributed by atoms with Gasteiger partial charge in [-0.15, -0.1) is 0 Å². The Labute approximate surface area is 127 Å². The fourth-order valence-electron chi connectivity index (χ4n) is 2.22. The first kappa shape index (κ1) is 15.6. The monoisotopic (exact) mass is 306 g/mol. The molecule has 2 rings (SSSR count). The fraction of sp³-hybridized carbons (Fsp3) is 0.400. The van der Waals surface area contributed by atoms with Crippen molar-refractivity contribution in [2.75, 3.05) is 12.0 Å². The number of fused-ring (bicyclic) bond motifs is 1. The van der Waals surface area contributed by atoms with Gasteiger partial charge in [-0.2, -0.15) is 11.8 Å². The highest BCUT2D eigenvalue weighted by molar-refractivity contribution is 7.98. The van der Waals surface area contributed by atoms with E-state index in [-0.39, 0.29) is 18.4 Å². The lowest BCUT2D eigenvalue weighted by molar-refractivity contribution is -0.137. The van der Waals surface area contributed by atoms with E-state index in [4.69, 9.17) is 5.11 Å². The van der Waals surface area contributed by atoms with Crippen LogP contribution in [0.15, 0.2) is 29.1 Å². The highest BCUT2D eigenvalue weighted by Crippen LogP contribution is 2.10. The normalized spacial score (nSPS) is 10.9. The minimum absolute atomic E-state index is 0.0205. The summed E-state index contributed by atoms with van der Waals surface area (Å²) in [6.45, 7) is 0.576. The van der Waals surface area contributed by atoms with Crippen LogP contribution in [0.4, 0.5) is 0 Å². The van der Waals surface area contributed by atoms with Crippen molar-refractivity contribution in [2.45, 2.75) is 25.8 Å². The van der Waals surface area contributed by atoms with Gasteiger partial charge in [0, 0.05) is 13.0 Å². The average molecular weight is 306 g/mol. The van der Waals surface area contributed by atoms with Crippen LogP contribution in [0.25, 0.3) is 10.9 Å². The largest absolute Gasteiger partial charge is 0.481 e. The van der Waals surface area contributed by atoms with Gasteiger partial charge >= 0.3 is 5.97 Å². The molecule has 2 aromatic rings. The van der Waals surface area contributed by atoms with Gasteiger partial charge in [-0.25, -0.2) is 4.98 Å². The second-order valence-corrected chi connectivity index (χ2v) is 5.73. The van der Waals surface area contributed by atoms with Crippen molar-refractivity contribution in [1.29, 1.82) is 0 Å². The number of benzene rings is 1. The number of hydrogen-bond donors (Lipinski definition) is 1. The van der Waals surface area contributed by atoms with E-state index < -0.39 is 5.97 Å². The predicted molar refractivity (Wildman–Crippen MR) is 85.0 cm³/mol. The molecular formula is C15H18N2O3S. The Hall–Kier alpha value is -1.82. The lowest BCUT2D eigenvalue weighted by Crippen LogP contribution is -2.26. The molecular weight excluding hydrogens is 288 g/mol. The van der Waals surface area contributed by atoms with E-state index >= 15 is 0 Å². The van der Waals surface area contributed by atoms with Gasteiger partial charge in [0.2, 0.25) is 0 Å². The van der Waals surface area contributed by atoms with Gasteiger partial charge in [0.05, 0.1) is 17.3 Å². The maximum absolute atomic E-state index is 12.6. The molecule has 6 heteroatoms. The molecule has 5 nitrogen and oxygen atoms in total. The average Bonchev–Trinajstić information content (AvgIpc) is 2.48. The standard InChI is InChI=1S/C15H18N2O3S/c1-21-10-4-9-17-13(7-8-14(18)19)16-12-6-3-2-5-11(12)15(17)20/h2-3,5-6H,4,7-10H2,1H3,(H,18,19). The molecule has 0 atom stereocenters. The number of carboxylic acid groups (broad SMARTS) is 1. The van der Waals surface area contributed by atoms with Gasteiger partial charge in [-0.05, 0) is 30.6 Å². The third kappa shape index (κ3) is 3.85. The number of aromatic nitrogens is 2. The minimum Gasteiger partial charge on any atom is -0.481 e. The van der Waals surface area contributed by atoms with Crippen LogP contribution in [0, 0.1) is 0 Å². The summed E-state index contributed by atoms with van der Waals surface area (Å²) in [5.41, 5.74) is 0.547. The van der Waals surface area contributed by atoms with Crippen molar-refractivity contribution in [3.05, 3.63) is 40.4 Å². The number of thioether (sulfide) groups is 1. The van der Waals surface area contributed by atoms with E-state index in [0.29, 0.717) is 23.3 Å². The van der Waals surface area contributed by atoms with E-state index in [9.17, 15) is 9.59 Å². The molecule has 0 aliphatic rings. The molecule has 1 aromatic heterocycles. The highest BCUT2D eigenvalue weighted by atomic mass is 32.2. The van der Waals surface area contributed by atoms with Crippen LogP contribution < -0.4 is 5.56 Å². The zero-order chi connectivity index (χ0) is 15.2. The van der Waals surface area contributed by atoms with Crippen molar-refractivity contribution >= 4 is 28.6 Å². The number of para-hydroxylation sites is 1. The molecule has 0 spiro atoms.